The van der Waals surface area contributed by atoms with Gasteiger partial charge in [0, 0.05) is 30.6 Å². The smallest absolute Gasteiger partial charge is 0.271 e. The SMILES string of the molecule is CN1C(=O)c2ccccc2N2C(=O)CCC12C(=O)Nc1ccc(Cl)cc1. The molecule has 1 N–H and O–H groups in total. The Bertz CT molecular complexity index is 928. The van der Waals surface area contributed by atoms with Gasteiger partial charge in [0.15, 0.2) is 0 Å². The van der Waals surface area contributed by atoms with Crippen molar-refractivity contribution < 1.29 is 14.4 Å². The first-order chi connectivity index (χ1) is 12.4. The number of nitrogens with one attached hydrogen (secondary N) is 1. The number of halogens is 1. The lowest BCUT2D eigenvalue weighted by molar-refractivity contribution is -0.128. The normalized spacial score (nSPS) is 21.5. The lowest BCUT2D eigenvalue weighted by atomic mass is 9.96. The Balaban J connectivity index is 1.80. The second-order valence-corrected chi connectivity index (χ2v) is 6.82. The number of amides is 3. The van der Waals surface area contributed by atoms with Crippen LogP contribution in [0.3, 0.4) is 0 Å². The molecule has 2 aliphatic rings. The van der Waals surface area contributed by atoms with Crippen LogP contribution in [0.2, 0.25) is 5.02 Å². The number of anilines is 2. The largest absolute Gasteiger partial charge is 0.322 e. The van der Waals surface area contributed by atoms with Crippen molar-refractivity contribution in [3.8, 4) is 0 Å². The minimum atomic E-state index is -1.37. The average molecular weight is 370 g/mol. The van der Waals surface area contributed by atoms with Gasteiger partial charge in [0.25, 0.3) is 11.8 Å². The minimum absolute atomic E-state index is 0.178. The Morgan fingerprint density at radius 1 is 1.12 bits per heavy atom. The van der Waals surface area contributed by atoms with Crippen LogP contribution in [0.5, 0.6) is 0 Å². The molecule has 0 aliphatic carbocycles. The quantitative estimate of drug-likeness (QED) is 0.884. The van der Waals surface area contributed by atoms with Gasteiger partial charge in [-0.05, 0) is 36.4 Å². The van der Waals surface area contributed by atoms with E-state index in [1.165, 1.54) is 9.80 Å². The highest BCUT2D eigenvalue weighted by Gasteiger charge is 2.59. The molecule has 1 saturated heterocycles. The van der Waals surface area contributed by atoms with Crippen LogP contribution in [0, 0.1) is 0 Å². The first kappa shape index (κ1) is 16.6. The summed E-state index contributed by atoms with van der Waals surface area (Å²) in [5.41, 5.74) is 0.0691. The molecule has 3 amide bonds. The molecule has 0 radical (unpaired) electrons. The van der Waals surface area contributed by atoms with Gasteiger partial charge in [-0.25, -0.2) is 0 Å². The summed E-state index contributed by atoms with van der Waals surface area (Å²) < 4.78 is 0. The average Bonchev–Trinajstić information content (AvgIpc) is 3.00. The van der Waals surface area contributed by atoms with E-state index in [0.717, 1.165) is 0 Å². The van der Waals surface area contributed by atoms with Crippen molar-refractivity contribution in [1.29, 1.82) is 0 Å². The highest BCUT2D eigenvalue weighted by Crippen LogP contribution is 2.44. The van der Waals surface area contributed by atoms with Gasteiger partial charge in [-0.15, -0.1) is 0 Å². The van der Waals surface area contributed by atoms with E-state index < -0.39 is 11.6 Å². The molecule has 0 bridgehead atoms. The molecule has 132 valence electrons. The fourth-order valence-electron chi connectivity index (χ4n) is 3.69. The molecule has 2 aromatic rings. The molecule has 2 heterocycles. The molecule has 26 heavy (non-hydrogen) atoms. The summed E-state index contributed by atoms with van der Waals surface area (Å²) >= 11 is 5.88. The van der Waals surface area contributed by atoms with E-state index in [4.69, 9.17) is 11.6 Å². The predicted molar refractivity (Wildman–Crippen MR) is 98.1 cm³/mol. The zero-order valence-corrected chi connectivity index (χ0v) is 14.8. The number of para-hydroxylation sites is 1. The van der Waals surface area contributed by atoms with Crippen molar-refractivity contribution in [2.45, 2.75) is 18.5 Å². The van der Waals surface area contributed by atoms with Crippen LogP contribution >= 0.6 is 11.6 Å². The summed E-state index contributed by atoms with van der Waals surface area (Å²) in [6, 6.07) is 13.5. The number of carbonyl (C=O) groups is 3. The van der Waals surface area contributed by atoms with E-state index >= 15 is 0 Å². The molecule has 0 aromatic heterocycles. The number of likely N-dealkylation sites (N-methyl/N-ethyl adjacent to an activating group) is 1. The van der Waals surface area contributed by atoms with Crippen LogP contribution in [0.4, 0.5) is 11.4 Å². The third kappa shape index (κ3) is 2.22. The molecule has 1 fully saturated rings. The number of nitrogens with zero attached hydrogens (tertiary/aromatic N) is 2. The van der Waals surface area contributed by atoms with Gasteiger partial charge < -0.3 is 10.2 Å². The van der Waals surface area contributed by atoms with E-state index in [-0.39, 0.29) is 24.7 Å². The zero-order valence-electron chi connectivity index (χ0n) is 14.0. The van der Waals surface area contributed by atoms with Crippen LogP contribution < -0.4 is 10.2 Å². The van der Waals surface area contributed by atoms with Gasteiger partial charge in [-0.3, -0.25) is 19.3 Å². The summed E-state index contributed by atoms with van der Waals surface area (Å²) in [6.07, 6.45) is 0.432. The van der Waals surface area contributed by atoms with Gasteiger partial charge in [0.1, 0.15) is 0 Å². The second-order valence-electron chi connectivity index (χ2n) is 6.39. The Kier molecular flexibility index (Phi) is 3.73. The number of carbonyl (C=O) groups excluding carboxylic acids is 3. The van der Waals surface area contributed by atoms with Crippen LogP contribution in [0.25, 0.3) is 0 Å². The Morgan fingerprint density at radius 2 is 1.81 bits per heavy atom. The predicted octanol–water partition coefficient (Wildman–Crippen LogP) is 2.89. The molecule has 6 nitrogen and oxygen atoms in total. The third-order valence-electron chi connectivity index (χ3n) is 5.01. The number of hydrogen-bond acceptors (Lipinski definition) is 3. The van der Waals surface area contributed by atoms with Crippen molar-refractivity contribution in [3.63, 3.8) is 0 Å². The van der Waals surface area contributed by atoms with E-state index in [2.05, 4.69) is 5.32 Å². The van der Waals surface area contributed by atoms with Crippen molar-refractivity contribution in [3.05, 3.63) is 59.1 Å². The highest BCUT2D eigenvalue weighted by atomic mass is 35.5. The summed E-state index contributed by atoms with van der Waals surface area (Å²) in [4.78, 5) is 41.5. The standard InChI is InChI=1S/C19H16ClN3O3/c1-22-17(25)14-4-2-3-5-15(14)23-16(24)10-11-19(22,23)18(26)21-13-8-6-12(20)7-9-13/h2-9H,10-11H2,1H3,(H,21,26). The molecule has 2 aromatic carbocycles. The monoisotopic (exact) mass is 369 g/mol. The lowest BCUT2D eigenvalue weighted by Crippen LogP contribution is -2.68. The van der Waals surface area contributed by atoms with E-state index in [1.807, 2.05) is 0 Å². The van der Waals surface area contributed by atoms with E-state index in [9.17, 15) is 14.4 Å². The van der Waals surface area contributed by atoms with Gasteiger partial charge in [0.2, 0.25) is 11.6 Å². The molecular formula is C19H16ClN3O3. The van der Waals surface area contributed by atoms with E-state index in [0.29, 0.717) is 22.0 Å². The number of benzene rings is 2. The molecule has 1 unspecified atom stereocenters. The van der Waals surface area contributed by atoms with E-state index in [1.54, 1.807) is 55.6 Å². The summed E-state index contributed by atoms with van der Waals surface area (Å²) in [7, 11) is 1.56. The highest BCUT2D eigenvalue weighted by molar-refractivity contribution is 6.30. The van der Waals surface area contributed by atoms with Crippen LogP contribution in [-0.2, 0) is 9.59 Å². The molecular weight excluding hydrogens is 354 g/mol. The maximum absolute atomic E-state index is 13.2. The molecule has 4 rings (SSSR count). The van der Waals surface area contributed by atoms with Gasteiger partial charge in [-0.2, -0.15) is 0 Å². The van der Waals surface area contributed by atoms with Crippen molar-refractivity contribution in [1.82, 2.24) is 4.90 Å². The fraction of sp³-hybridized carbons (Fsp3) is 0.211. The van der Waals surface area contributed by atoms with Crippen LogP contribution in [-0.4, -0.2) is 35.3 Å². The maximum atomic E-state index is 13.2. The Hall–Kier alpha value is -2.86. The van der Waals surface area contributed by atoms with Crippen LogP contribution in [0.1, 0.15) is 23.2 Å². The zero-order chi connectivity index (χ0) is 18.5. The van der Waals surface area contributed by atoms with Gasteiger partial charge in [0.05, 0.1) is 11.3 Å². The number of fused-ring (bicyclic) bond motifs is 3. The first-order valence-electron chi connectivity index (χ1n) is 8.22. The summed E-state index contributed by atoms with van der Waals surface area (Å²) in [6.45, 7) is 0. The fourth-order valence-corrected chi connectivity index (χ4v) is 3.82. The van der Waals surface area contributed by atoms with Crippen molar-refractivity contribution >= 4 is 40.7 Å². The van der Waals surface area contributed by atoms with Crippen LogP contribution in [0.15, 0.2) is 48.5 Å². The Morgan fingerprint density at radius 3 is 2.54 bits per heavy atom. The van der Waals surface area contributed by atoms with Gasteiger partial charge in [-0.1, -0.05) is 23.7 Å². The van der Waals surface area contributed by atoms with Gasteiger partial charge >= 0.3 is 0 Å². The first-order valence-corrected chi connectivity index (χ1v) is 8.60. The summed E-state index contributed by atoms with van der Waals surface area (Å²) in [5, 5.41) is 3.37. The molecule has 1 atom stereocenters. The minimum Gasteiger partial charge on any atom is -0.322 e. The lowest BCUT2D eigenvalue weighted by Gasteiger charge is -2.47. The third-order valence-corrected chi connectivity index (χ3v) is 5.26. The molecule has 0 spiro atoms. The Labute approximate surface area is 155 Å². The molecule has 2 aliphatic heterocycles. The maximum Gasteiger partial charge on any atom is 0.271 e. The summed E-state index contributed by atoms with van der Waals surface area (Å²) in [5.74, 6) is -0.878. The van der Waals surface area contributed by atoms with Crippen molar-refractivity contribution in [2.24, 2.45) is 0 Å². The van der Waals surface area contributed by atoms with Crippen molar-refractivity contribution in [2.75, 3.05) is 17.3 Å². The molecule has 0 saturated carbocycles. The topological polar surface area (TPSA) is 69.7 Å². The molecule has 7 heteroatoms. The second kappa shape index (κ2) is 5.85. The number of rotatable bonds is 2. The number of hydrogen-bond donors (Lipinski definition) is 1.